The molecule has 1 aliphatic rings. The predicted molar refractivity (Wildman–Crippen MR) is 84.5 cm³/mol. The first-order valence-corrected chi connectivity index (χ1v) is 8.20. The van der Waals surface area contributed by atoms with Crippen molar-refractivity contribution in [2.24, 2.45) is 0 Å². The molecule has 1 aromatic carbocycles. The second-order valence-electron chi connectivity index (χ2n) is 4.82. The average molecular weight is 390 g/mol. The summed E-state index contributed by atoms with van der Waals surface area (Å²) in [6.45, 7) is 4.25. The Labute approximate surface area is 131 Å². The van der Waals surface area contributed by atoms with Crippen molar-refractivity contribution >= 4 is 37.8 Å². The average Bonchev–Trinajstić information content (AvgIpc) is 2.86. The first-order valence-electron chi connectivity index (χ1n) is 6.62. The molecule has 0 radical (unpaired) electrons. The highest BCUT2D eigenvalue weighted by molar-refractivity contribution is 9.11. The third kappa shape index (κ3) is 4.89. The lowest BCUT2D eigenvalue weighted by atomic mass is 10.2. The number of hydrogen-bond acceptors (Lipinski definition) is 2. The Morgan fingerprint density at radius 3 is 2.42 bits per heavy atom. The normalized spacial score (nSPS) is 15.7. The van der Waals surface area contributed by atoms with E-state index < -0.39 is 0 Å². The molecule has 2 rings (SSSR count). The second-order valence-corrected chi connectivity index (χ2v) is 6.65. The van der Waals surface area contributed by atoms with Crippen LogP contribution in [0.15, 0.2) is 27.1 Å². The topological polar surface area (TPSA) is 32.3 Å². The first-order chi connectivity index (χ1) is 9.15. The Hall–Kier alpha value is -0.390. The minimum Gasteiger partial charge on any atom is -0.352 e. The van der Waals surface area contributed by atoms with Crippen molar-refractivity contribution in [3.05, 3.63) is 32.7 Å². The molecule has 1 aliphatic heterocycles. The Bertz CT molecular complexity index is 425. The van der Waals surface area contributed by atoms with E-state index in [2.05, 4.69) is 42.1 Å². The smallest absolute Gasteiger partial charge is 0.251 e. The maximum atomic E-state index is 12.0. The molecule has 1 heterocycles. The summed E-state index contributed by atoms with van der Waals surface area (Å²) in [6, 6.07) is 5.59. The van der Waals surface area contributed by atoms with Gasteiger partial charge in [-0.15, -0.1) is 0 Å². The summed E-state index contributed by atoms with van der Waals surface area (Å²) in [4.78, 5) is 14.4. The lowest BCUT2D eigenvalue weighted by molar-refractivity contribution is 0.0952. The van der Waals surface area contributed by atoms with E-state index in [9.17, 15) is 4.79 Å². The fourth-order valence-corrected chi connectivity index (χ4v) is 3.59. The van der Waals surface area contributed by atoms with Crippen molar-refractivity contribution in [3.8, 4) is 0 Å². The number of carbonyl (C=O) groups is 1. The van der Waals surface area contributed by atoms with Crippen LogP contribution in [0.2, 0.25) is 0 Å². The van der Waals surface area contributed by atoms with E-state index in [0.29, 0.717) is 5.56 Å². The molecule has 1 N–H and O–H groups in total. The summed E-state index contributed by atoms with van der Waals surface area (Å²) < 4.78 is 1.81. The molecule has 19 heavy (non-hydrogen) atoms. The molecule has 0 aliphatic carbocycles. The molecular weight excluding hydrogens is 372 g/mol. The van der Waals surface area contributed by atoms with E-state index in [1.807, 2.05) is 18.2 Å². The molecule has 104 valence electrons. The molecule has 0 saturated carbocycles. The Morgan fingerprint density at radius 1 is 1.16 bits per heavy atom. The van der Waals surface area contributed by atoms with Gasteiger partial charge in [-0.3, -0.25) is 4.79 Å². The highest BCUT2D eigenvalue weighted by Gasteiger charge is 2.11. The van der Waals surface area contributed by atoms with Gasteiger partial charge in [0.1, 0.15) is 0 Å². The standard InChI is InChI=1S/C14H18Br2N2O/c15-12-8-11(9-13(16)10-12)14(19)17-4-3-7-18-5-1-2-6-18/h8-10H,1-7H2,(H,17,19). The van der Waals surface area contributed by atoms with Crippen LogP contribution in [0.4, 0.5) is 0 Å². The minimum absolute atomic E-state index is 0.0107. The molecule has 0 spiro atoms. The van der Waals surface area contributed by atoms with Crippen molar-refractivity contribution in [3.63, 3.8) is 0 Å². The van der Waals surface area contributed by atoms with Gasteiger partial charge >= 0.3 is 0 Å². The van der Waals surface area contributed by atoms with E-state index in [4.69, 9.17) is 0 Å². The van der Waals surface area contributed by atoms with Gasteiger partial charge in [-0.1, -0.05) is 31.9 Å². The summed E-state index contributed by atoms with van der Waals surface area (Å²) in [5.41, 5.74) is 0.683. The number of hydrogen-bond donors (Lipinski definition) is 1. The van der Waals surface area contributed by atoms with E-state index in [-0.39, 0.29) is 5.91 Å². The molecule has 1 amide bonds. The van der Waals surface area contributed by atoms with Gasteiger partial charge in [-0.25, -0.2) is 0 Å². The van der Waals surface area contributed by atoms with Crippen LogP contribution in [0.5, 0.6) is 0 Å². The van der Waals surface area contributed by atoms with E-state index in [1.165, 1.54) is 25.9 Å². The lowest BCUT2D eigenvalue weighted by Gasteiger charge is -2.14. The number of amides is 1. The maximum Gasteiger partial charge on any atom is 0.251 e. The zero-order chi connectivity index (χ0) is 13.7. The zero-order valence-electron chi connectivity index (χ0n) is 10.8. The van der Waals surface area contributed by atoms with Gasteiger partial charge < -0.3 is 10.2 Å². The van der Waals surface area contributed by atoms with E-state index in [0.717, 1.165) is 28.5 Å². The number of carbonyl (C=O) groups excluding carboxylic acids is 1. The summed E-state index contributed by atoms with van der Waals surface area (Å²) in [6.07, 6.45) is 3.65. The lowest BCUT2D eigenvalue weighted by Crippen LogP contribution is -2.28. The second kappa shape index (κ2) is 7.41. The van der Waals surface area contributed by atoms with Crippen LogP contribution < -0.4 is 5.32 Å². The van der Waals surface area contributed by atoms with E-state index in [1.54, 1.807) is 0 Å². The largest absolute Gasteiger partial charge is 0.352 e. The molecule has 0 bridgehead atoms. The Balaban J connectivity index is 1.74. The van der Waals surface area contributed by atoms with Gasteiger partial charge in [0.2, 0.25) is 0 Å². The highest BCUT2D eigenvalue weighted by Crippen LogP contribution is 2.20. The number of nitrogens with one attached hydrogen (secondary N) is 1. The fraction of sp³-hybridized carbons (Fsp3) is 0.500. The van der Waals surface area contributed by atoms with Crippen LogP contribution in [0, 0.1) is 0 Å². The molecular formula is C14H18Br2N2O. The number of rotatable bonds is 5. The van der Waals surface area contributed by atoms with Crippen LogP contribution in [0.25, 0.3) is 0 Å². The van der Waals surface area contributed by atoms with Gasteiger partial charge in [0.25, 0.3) is 5.91 Å². The monoisotopic (exact) mass is 388 g/mol. The Morgan fingerprint density at radius 2 is 1.79 bits per heavy atom. The van der Waals surface area contributed by atoms with Crippen LogP contribution in [-0.2, 0) is 0 Å². The van der Waals surface area contributed by atoms with Gasteiger partial charge in [-0.05, 0) is 57.1 Å². The fourth-order valence-electron chi connectivity index (χ4n) is 2.30. The summed E-state index contributed by atoms with van der Waals surface area (Å²) in [5, 5.41) is 2.97. The van der Waals surface area contributed by atoms with Gasteiger partial charge in [0, 0.05) is 21.1 Å². The molecule has 0 unspecified atom stereocenters. The van der Waals surface area contributed by atoms with Gasteiger partial charge in [0.15, 0.2) is 0 Å². The zero-order valence-corrected chi connectivity index (χ0v) is 14.0. The summed E-state index contributed by atoms with van der Waals surface area (Å²) in [5.74, 6) is -0.0107. The number of halogens is 2. The summed E-state index contributed by atoms with van der Waals surface area (Å²) >= 11 is 6.78. The van der Waals surface area contributed by atoms with E-state index >= 15 is 0 Å². The highest BCUT2D eigenvalue weighted by atomic mass is 79.9. The quantitative estimate of drug-likeness (QED) is 0.782. The van der Waals surface area contributed by atoms with Crippen LogP contribution in [0.1, 0.15) is 29.6 Å². The molecule has 0 atom stereocenters. The van der Waals surface area contributed by atoms with Crippen molar-refractivity contribution < 1.29 is 4.79 Å². The Kier molecular flexibility index (Phi) is 5.85. The minimum atomic E-state index is -0.0107. The third-order valence-electron chi connectivity index (χ3n) is 3.26. The van der Waals surface area contributed by atoms with Crippen LogP contribution in [0.3, 0.4) is 0 Å². The van der Waals surface area contributed by atoms with Gasteiger partial charge in [0.05, 0.1) is 0 Å². The number of likely N-dealkylation sites (tertiary alicyclic amines) is 1. The predicted octanol–water partition coefficient (Wildman–Crippen LogP) is 3.43. The van der Waals surface area contributed by atoms with Crippen molar-refractivity contribution in [1.29, 1.82) is 0 Å². The molecule has 3 nitrogen and oxygen atoms in total. The first kappa shape index (κ1) is 15.0. The molecule has 1 aromatic rings. The molecule has 1 saturated heterocycles. The van der Waals surface area contributed by atoms with Crippen molar-refractivity contribution in [1.82, 2.24) is 10.2 Å². The number of nitrogens with zero attached hydrogens (tertiary/aromatic N) is 1. The number of benzene rings is 1. The molecule has 0 aromatic heterocycles. The summed E-state index contributed by atoms with van der Waals surface area (Å²) in [7, 11) is 0. The maximum absolute atomic E-state index is 12.0. The third-order valence-corrected chi connectivity index (χ3v) is 4.18. The van der Waals surface area contributed by atoms with Crippen molar-refractivity contribution in [2.45, 2.75) is 19.3 Å². The molecule has 1 fully saturated rings. The van der Waals surface area contributed by atoms with Crippen LogP contribution in [-0.4, -0.2) is 37.0 Å². The van der Waals surface area contributed by atoms with Gasteiger partial charge in [-0.2, -0.15) is 0 Å². The van der Waals surface area contributed by atoms with Crippen molar-refractivity contribution in [2.75, 3.05) is 26.2 Å². The SMILES string of the molecule is O=C(NCCCN1CCCC1)c1cc(Br)cc(Br)c1. The molecule has 5 heteroatoms. The van der Waals surface area contributed by atoms with Crippen LogP contribution >= 0.6 is 31.9 Å².